The Morgan fingerprint density at radius 1 is 1.04 bits per heavy atom. The van der Waals surface area contributed by atoms with Crippen molar-refractivity contribution in [3.8, 4) is 0 Å². The number of hydrogen-bond donors (Lipinski definition) is 1. The van der Waals surface area contributed by atoms with Crippen molar-refractivity contribution < 1.29 is 9.90 Å². The highest BCUT2D eigenvalue weighted by Crippen LogP contribution is 2.34. The van der Waals surface area contributed by atoms with Gasteiger partial charge in [-0.05, 0) is 42.8 Å². The summed E-state index contributed by atoms with van der Waals surface area (Å²) in [6.45, 7) is 1.91. The Hall–Kier alpha value is -3.28. The molecule has 0 atom stereocenters. The number of aromatic carboxylic acids is 1. The molecular weight excluding hydrogens is 292 g/mol. The van der Waals surface area contributed by atoms with E-state index in [1.165, 1.54) is 6.33 Å². The van der Waals surface area contributed by atoms with Gasteiger partial charge in [0.1, 0.15) is 18.0 Å². The molecule has 1 aromatic carbocycles. The van der Waals surface area contributed by atoms with Crippen LogP contribution in [-0.4, -0.2) is 26.0 Å². The van der Waals surface area contributed by atoms with Gasteiger partial charge in [-0.2, -0.15) is 0 Å². The van der Waals surface area contributed by atoms with E-state index in [0.29, 0.717) is 17.3 Å². The summed E-state index contributed by atoms with van der Waals surface area (Å²) < 4.78 is 0. The van der Waals surface area contributed by atoms with Gasteiger partial charge in [0.2, 0.25) is 0 Å². The number of anilines is 3. The van der Waals surface area contributed by atoms with Gasteiger partial charge in [0.15, 0.2) is 0 Å². The monoisotopic (exact) mass is 306 g/mol. The summed E-state index contributed by atoms with van der Waals surface area (Å²) >= 11 is 0. The summed E-state index contributed by atoms with van der Waals surface area (Å²) in [5.74, 6) is 0.288. The minimum atomic E-state index is -0.977. The Kier molecular flexibility index (Phi) is 3.97. The lowest BCUT2D eigenvalue weighted by atomic mass is 10.1. The van der Waals surface area contributed by atoms with Crippen LogP contribution in [0.2, 0.25) is 0 Å². The highest BCUT2D eigenvalue weighted by atomic mass is 16.4. The van der Waals surface area contributed by atoms with E-state index in [1.807, 2.05) is 30.0 Å². The molecule has 114 valence electrons. The van der Waals surface area contributed by atoms with Gasteiger partial charge in [0, 0.05) is 12.4 Å². The number of carboxylic acids is 1. The van der Waals surface area contributed by atoms with Crippen LogP contribution in [0.3, 0.4) is 0 Å². The smallest absolute Gasteiger partial charge is 0.335 e. The highest BCUT2D eigenvalue weighted by molar-refractivity contribution is 5.90. The molecule has 1 N–H and O–H groups in total. The number of benzene rings is 1. The number of rotatable bonds is 4. The van der Waals surface area contributed by atoms with Gasteiger partial charge in [-0.25, -0.2) is 19.7 Å². The number of pyridine rings is 1. The van der Waals surface area contributed by atoms with Crippen LogP contribution in [0.5, 0.6) is 0 Å². The van der Waals surface area contributed by atoms with Crippen molar-refractivity contribution in [3.63, 3.8) is 0 Å². The maximum absolute atomic E-state index is 11.3. The average Bonchev–Trinajstić information content (AvgIpc) is 2.58. The normalized spacial score (nSPS) is 10.3. The molecule has 2 heterocycles. The first-order valence-corrected chi connectivity index (χ1v) is 6.98. The van der Waals surface area contributed by atoms with E-state index in [9.17, 15) is 9.90 Å². The lowest BCUT2D eigenvalue weighted by Gasteiger charge is -2.24. The molecule has 6 heteroatoms. The molecule has 0 unspecified atom stereocenters. The third-order valence-corrected chi connectivity index (χ3v) is 3.37. The Labute approximate surface area is 133 Å². The summed E-state index contributed by atoms with van der Waals surface area (Å²) in [6, 6.07) is 12.3. The molecule has 0 bridgehead atoms. The number of carboxylic acid groups (broad SMARTS) is 1. The Morgan fingerprint density at radius 2 is 1.87 bits per heavy atom. The Balaban J connectivity index is 2.21. The fourth-order valence-corrected chi connectivity index (χ4v) is 2.25. The van der Waals surface area contributed by atoms with E-state index in [-0.39, 0.29) is 5.56 Å². The molecule has 23 heavy (non-hydrogen) atoms. The number of aromatic nitrogens is 3. The second-order valence-corrected chi connectivity index (χ2v) is 4.90. The maximum Gasteiger partial charge on any atom is 0.335 e. The molecule has 0 fully saturated rings. The SMILES string of the molecule is Cc1ccc(C(=O)O)cc1N(c1ccccn1)c1ccncn1. The molecule has 3 rings (SSSR count). The molecule has 2 aromatic heterocycles. The quantitative estimate of drug-likeness (QED) is 0.796. The topological polar surface area (TPSA) is 79.2 Å². The van der Waals surface area contributed by atoms with E-state index >= 15 is 0 Å². The van der Waals surface area contributed by atoms with Crippen molar-refractivity contribution >= 4 is 23.3 Å². The minimum absolute atomic E-state index is 0.209. The molecule has 0 amide bonds. The zero-order chi connectivity index (χ0) is 16.2. The van der Waals surface area contributed by atoms with Crippen molar-refractivity contribution in [3.05, 3.63) is 72.3 Å². The van der Waals surface area contributed by atoms with Crippen molar-refractivity contribution in [2.45, 2.75) is 6.92 Å². The van der Waals surface area contributed by atoms with Crippen LogP contribution in [0, 0.1) is 6.92 Å². The van der Waals surface area contributed by atoms with Crippen LogP contribution in [0.1, 0.15) is 15.9 Å². The van der Waals surface area contributed by atoms with Crippen molar-refractivity contribution in [1.29, 1.82) is 0 Å². The van der Waals surface area contributed by atoms with Crippen LogP contribution < -0.4 is 4.90 Å². The van der Waals surface area contributed by atoms with E-state index in [1.54, 1.807) is 36.7 Å². The number of nitrogens with zero attached hydrogens (tertiary/aromatic N) is 4. The van der Waals surface area contributed by atoms with Crippen LogP contribution in [0.25, 0.3) is 0 Å². The summed E-state index contributed by atoms with van der Waals surface area (Å²) in [6.07, 6.45) is 4.76. The second-order valence-electron chi connectivity index (χ2n) is 4.90. The standard InChI is InChI=1S/C17H14N4O2/c1-12-5-6-13(17(22)23)10-14(12)21(15-4-2-3-8-19-15)16-7-9-18-11-20-16/h2-11H,1H3,(H,22,23). The molecular formula is C17H14N4O2. The van der Waals surface area contributed by atoms with Gasteiger partial charge in [0.25, 0.3) is 0 Å². The van der Waals surface area contributed by atoms with Crippen molar-refractivity contribution in [2.24, 2.45) is 0 Å². The predicted molar refractivity (Wildman–Crippen MR) is 86.2 cm³/mol. The summed E-state index contributed by atoms with van der Waals surface area (Å²) in [7, 11) is 0. The molecule has 3 aromatic rings. The van der Waals surface area contributed by atoms with Crippen LogP contribution in [-0.2, 0) is 0 Å². The Morgan fingerprint density at radius 3 is 2.52 bits per heavy atom. The van der Waals surface area contributed by atoms with Gasteiger partial charge in [-0.15, -0.1) is 0 Å². The first-order chi connectivity index (χ1) is 11.2. The first-order valence-electron chi connectivity index (χ1n) is 6.98. The first kappa shape index (κ1) is 14.6. The van der Waals surface area contributed by atoms with Crippen molar-refractivity contribution in [1.82, 2.24) is 15.0 Å². The summed E-state index contributed by atoms with van der Waals surface area (Å²) in [5.41, 5.74) is 1.84. The third kappa shape index (κ3) is 3.01. The molecule has 0 aliphatic rings. The second kappa shape index (κ2) is 6.23. The maximum atomic E-state index is 11.3. The fraction of sp³-hybridized carbons (Fsp3) is 0.0588. The molecule has 0 radical (unpaired) electrons. The summed E-state index contributed by atoms with van der Waals surface area (Å²) in [5, 5.41) is 9.26. The van der Waals surface area contributed by atoms with E-state index < -0.39 is 5.97 Å². The van der Waals surface area contributed by atoms with E-state index in [0.717, 1.165) is 5.56 Å². The lowest BCUT2D eigenvalue weighted by Crippen LogP contribution is -2.15. The predicted octanol–water partition coefficient (Wildman–Crippen LogP) is 3.35. The van der Waals surface area contributed by atoms with Gasteiger partial charge < -0.3 is 5.11 Å². The molecule has 0 spiro atoms. The molecule has 0 aliphatic heterocycles. The Bertz CT molecular complexity index is 783. The third-order valence-electron chi connectivity index (χ3n) is 3.37. The van der Waals surface area contributed by atoms with E-state index in [2.05, 4.69) is 15.0 Å². The zero-order valence-corrected chi connectivity index (χ0v) is 12.4. The van der Waals surface area contributed by atoms with Gasteiger partial charge >= 0.3 is 5.97 Å². The lowest BCUT2D eigenvalue weighted by molar-refractivity contribution is 0.0697. The fourth-order valence-electron chi connectivity index (χ4n) is 2.25. The van der Waals surface area contributed by atoms with E-state index in [4.69, 9.17) is 0 Å². The van der Waals surface area contributed by atoms with Gasteiger partial charge in [-0.1, -0.05) is 12.1 Å². The van der Waals surface area contributed by atoms with Gasteiger partial charge in [0.05, 0.1) is 11.3 Å². The highest BCUT2D eigenvalue weighted by Gasteiger charge is 2.18. The summed E-state index contributed by atoms with van der Waals surface area (Å²) in [4.78, 5) is 25.7. The van der Waals surface area contributed by atoms with Crippen molar-refractivity contribution in [2.75, 3.05) is 4.90 Å². The van der Waals surface area contributed by atoms with Crippen LogP contribution in [0.4, 0.5) is 17.3 Å². The number of hydrogen-bond acceptors (Lipinski definition) is 5. The molecule has 0 aliphatic carbocycles. The zero-order valence-electron chi connectivity index (χ0n) is 12.4. The number of aryl methyl sites for hydroxylation is 1. The van der Waals surface area contributed by atoms with Crippen LogP contribution >= 0.6 is 0 Å². The minimum Gasteiger partial charge on any atom is -0.478 e. The molecule has 0 saturated heterocycles. The average molecular weight is 306 g/mol. The largest absolute Gasteiger partial charge is 0.478 e. The van der Waals surface area contributed by atoms with Crippen LogP contribution in [0.15, 0.2) is 61.2 Å². The molecule has 0 saturated carbocycles. The van der Waals surface area contributed by atoms with Gasteiger partial charge in [-0.3, -0.25) is 4.90 Å². The number of carbonyl (C=O) groups is 1. The molecule has 6 nitrogen and oxygen atoms in total.